The Balaban J connectivity index is 1.37. The topological polar surface area (TPSA) is 100 Å². The number of nitrogens with one attached hydrogen (secondary N) is 1. The highest BCUT2D eigenvalue weighted by atomic mass is 19.4. The zero-order valence-corrected chi connectivity index (χ0v) is 22.6. The summed E-state index contributed by atoms with van der Waals surface area (Å²) in [5.41, 5.74) is 7.76. The lowest BCUT2D eigenvalue weighted by molar-refractivity contribution is -0.138. The van der Waals surface area contributed by atoms with Gasteiger partial charge in [0, 0.05) is 68.0 Å². The maximum absolute atomic E-state index is 14.0. The summed E-state index contributed by atoms with van der Waals surface area (Å²) < 4.78 is 41.9. The maximum Gasteiger partial charge on any atom is 0.416 e. The van der Waals surface area contributed by atoms with Crippen molar-refractivity contribution in [3.05, 3.63) is 88.5 Å². The van der Waals surface area contributed by atoms with Gasteiger partial charge in [0.2, 0.25) is 0 Å². The van der Waals surface area contributed by atoms with Gasteiger partial charge in [-0.25, -0.2) is 4.98 Å². The van der Waals surface area contributed by atoms with Crippen LogP contribution in [0.4, 0.5) is 24.7 Å². The van der Waals surface area contributed by atoms with Crippen molar-refractivity contribution >= 4 is 28.3 Å². The third-order valence-corrected chi connectivity index (χ3v) is 7.02. The van der Waals surface area contributed by atoms with Crippen molar-refractivity contribution in [2.24, 2.45) is 0 Å². The van der Waals surface area contributed by atoms with Crippen molar-refractivity contribution < 1.29 is 18.0 Å². The van der Waals surface area contributed by atoms with Crippen LogP contribution in [0.1, 0.15) is 38.3 Å². The van der Waals surface area contributed by atoms with Crippen LogP contribution in [-0.2, 0) is 12.7 Å². The van der Waals surface area contributed by atoms with Crippen LogP contribution < -0.4 is 11.1 Å². The van der Waals surface area contributed by atoms with E-state index in [4.69, 9.17) is 5.73 Å². The van der Waals surface area contributed by atoms with E-state index in [2.05, 4.69) is 37.0 Å². The summed E-state index contributed by atoms with van der Waals surface area (Å²) in [5, 5.41) is 3.32. The molecule has 0 spiro atoms. The number of aryl methyl sites for hydroxylation is 1. The Morgan fingerprint density at radius 3 is 2.54 bits per heavy atom. The van der Waals surface area contributed by atoms with E-state index in [1.165, 1.54) is 18.3 Å². The number of benzene rings is 1. The molecule has 0 aliphatic carbocycles. The number of carbonyl (C=O) groups is 1. The van der Waals surface area contributed by atoms with Gasteiger partial charge in [0.1, 0.15) is 11.3 Å². The molecule has 0 bridgehead atoms. The molecule has 1 aliphatic heterocycles. The summed E-state index contributed by atoms with van der Waals surface area (Å²) in [7, 11) is 1.99. The van der Waals surface area contributed by atoms with Gasteiger partial charge in [-0.1, -0.05) is 17.9 Å². The minimum Gasteiger partial charge on any atom is -0.382 e. The van der Waals surface area contributed by atoms with E-state index in [0.717, 1.165) is 24.5 Å². The molecule has 1 amide bonds. The average Bonchev–Trinajstić information content (AvgIpc) is 2.95. The van der Waals surface area contributed by atoms with Gasteiger partial charge in [0.05, 0.1) is 22.4 Å². The number of hydrogen-bond donors (Lipinski definition) is 2. The molecule has 41 heavy (non-hydrogen) atoms. The van der Waals surface area contributed by atoms with Crippen molar-refractivity contribution in [3.63, 3.8) is 0 Å². The number of pyridine rings is 3. The fourth-order valence-corrected chi connectivity index (χ4v) is 4.62. The first-order valence-corrected chi connectivity index (χ1v) is 13.0. The molecule has 210 valence electrons. The number of hydrogen-bond acceptors (Lipinski definition) is 7. The summed E-state index contributed by atoms with van der Waals surface area (Å²) in [4.78, 5) is 29.9. The number of carbonyl (C=O) groups excluding carboxylic acids is 1. The lowest BCUT2D eigenvalue weighted by Gasteiger charge is -2.33. The van der Waals surface area contributed by atoms with Crippen LogP contribution in [0.5, 0.6) is 0 Å². The zero-order chi connectivity index (χ0) is 29.1. The second kappa shape index (κ2) is 11.5. The number of nitrogen functional groups attached to an aromatic ring is 1. The van der Waals surface area contributed by atoms with Gasteiger partial charge < -0.3 is 16.0 Å². The third kappa shape index (κ3) is 6.45. The fraction of sp³-hybridized carbons (Fsp3) is 0.267. The monoisotopic (exact) mass is 559 g/mol. The Morgan fingerprint density at radius 1 is 1.02 bits per heavy atom. The van der Waals surface area contributed by atoms with Crippen molar-refractivity contribution in [2.45, 2.75) is 19.6 Å². The molecule has 0 unspecified atom stereocenters. The average molecular weight is 560 g/mol. The predicted molar refractivity (Wildman–Crippen MR) is 151 cm³/mol. The Hall–Kier alpha value is -4.53. The highest BCUT2D eigenvalue weighted by molar-refractivity contribution is 6.04. The summed E-state index contributed by atoms with van der Waals surface area (Å²) in [5.74, 6) is 5.76. The first-order chi connectivity index (χ1) is 19.6. The lowest BCUT2D eigenvalue weighted by atomic mass is 10.0. The standard InChI is InChI=1S/C30H28F3N7O/c1-19-20(5-6-21-16-37-28(34)27-25(21)4-3-9-35-27)14-23(17-36-19)29(41)38-24-8-7-22(26(15-24)30(31,32)33)18-40-12-10-39(2)11-13-40/h3-4,7-9,14-17H,10-13,18H2,1-2H3,(H2,34,37)(H,38,41). The molecule has 0 saturated carbocycles. The minimum absolute atomic E-state index is 0.0459. The number of rotatable bonds is 4. The molecule has 1 saturated heterocycles. The Morgan fingerprint density at radius 2 is 1.78 bits per heavy atom. The molecule has 4 heterocycles. The van der Waals surface area contributed by atoms with E-state index in [1.54, 1.807) is 31.5 Å². The van der Waals surface area contributed by atoms with Gasteiger partial charge in [-0.05, 0) is 49.9 Å². The van der Waals surface area contributed by atoms with Crippen LogP contribution in [0.25, 0.3) is 10.9 Å². The highest BCUT2D eigenvalue weighted by Crippen LogP contribution is 2.34. The summed E-state index contributed by atoms with van der Waals surface area (Å²) in [6.07, 6.45) is -0.0242. The van der Waals surface area contributed by atoms with Gasteiger partial charge in [-0.2, -0.15) is 13.2 Å². The number of nitrogens with two attached hydrogens (primary N) is 1. The lowest BCUT2D eigenvalue weighted by Crippen LogP contribution is -2.44. The van der Waals surface area contributed by atoms with Crippen LogP contribution in [-0.4, -0.2) is 63.9 Å². The van der Waals surface area contributed by atoms with Crippen LogP contribution in [0.2, 0.25) is 0 Å². The zero-order valence-electron chi connectivity index (χ0n) is 22.6. The van der Waals surface area contributed by atoms with Gasteiger partial charge in [0.25, 0.3) is 5.91 Å². The first-order valence-electron chi connectivity index (χ1n) is 13.0. The molecular weight excluding hydrogens is 531 g/mol. The van der Waals surface area contributed by atoms with Crippen LogP contribution >= 0.6 is 0 Å². The number of likely N-dealkylation sites (N-methyl/N-ethyl adjacent to an activating group) is 1. The van der Waals surface area contributed by atoms with E-state index < -0.39 is 17.6 Å². The van der Waals surface area contributed by atoms with E-state index in [0.29, 0.717) is 41.2 Å². The molecular formula is C30H28F3N7O. The fourth-order valence-electron chi connectivity index (χ4n) is 4.62. The van der Waals surface area contributed by atoms with Crippen molar-refractivity contribution in [2.75, 3.05) is 44.3 Å². The number of nitrogens with zero attached hydrogens (tertiary/aromatic N) is 5. The number of aromatic nitrogens is 3. The van der Waals surface area contributed by atoms with Gasteiger partial charge >= 0.3 is 6.18 Å². The molecule has 0 radical (unpaired) electrons. The second-order valence-corrected chi connectivity index (χ2v) is 9.97. The molecule has 4 aromatic rings. The summed E-state index contributed by atoms with van der Waals surface area (Å²) in [6, 6.07) is 9.08. The Kier molecular flexibility index (Phi) is 7.88. The van der Waals surface area contributed by atoms with E-state index >= 15 is 0 Å². The molecule has 1 fully saturated rings. The third-order valence-electron chi connectivity index (χ3n) is 7.02. The van der Waals surface area contributed by atoms with E-state index in [-0.39, 0.29) is 23.4 Å². The second-order valence-electron chi connectivity index (χ2n) is 9.97. The van der Waals surface area contributed by atoms with Crippen LogP contribution in [0.15, 0.2) is 55.0 Å². The minimum atomic E-state index is -4.56. The quantitative estimate of drug-likeness (QED) is 0.359. The Bertz CT molecular complexity index is 1670. The number of alkyl halides is 3. The van der Waals surface area contributed by atoms with Gasteiger partial charge in [-0.15, -0.1) is 0 Å². The smallest absolute Gasteiger partial charge is 0.382 e. The predicted octanol–water partition coefficient (Wildman–Crippen LogP) is 4.33. The van der Waals surface area contributed by atoms with Crippen molar-refractivity contribution in [1.29, 1.82) is 0 Å². The summed E-state index contributed by atoms with van der Waals surface area (Å²) >= 11 is 0. The molecule has 1 aliphatic rings. The molecule has 3 N–H and O–H groups in total. The molecule has 5 rings (SSSR count). The number of fused-ring (bicyclic) bond motifs is 1. The van der Waals surface area contributed by atoms with Gasteiger partial charge in [-0.3, -0.25) is 19.7 Å². The van der Waals surface area contributed by atoms with Crippen LogP contribution in [0.3, 0.4) is 0 Å². The van der Waals surface area contributed by atoms with Crippen molar-refractivity contribution in [1.82, 2.24) is 24.8 Å². The number of piperazine rings is 1. The van der Waals surface area contributed by atoms with E-state index in [9.17, 15) is 18.0 Å². The summed E-state index contributed by atoms with van der Waals surface area (Å²) in [6.45, 7) is 4.94. The SMILES string of the molecule is Cc1ncc(C(=O)Nc2ccc(CN3CCN(C)CC3)c(C(F)(F)F)c2)cc1C#Cc1cnc(N)c2ncccc12. The number of anilines is 2. The molecule has 0 atom stereocenters. The largest absolute Gasteiger partial charge is 0.416 e. The van der Waals surface area contributed by atoms with Crippen LogP contribution in [0, 0.1) is 18.8 Å². The Labute approximate surface area is 235 Å². The highest BCUT2D eigenvalue weighted by Gasteiger charge is 2.34. The number of halogens is 3. The normalized spacial score (nSPS) is 14.5. The molecule has 11 heteroatoms. The first kappa shape index (κ1) is 28.0. The number of amides is 1. The molecule has 3 aromatic heterocycles. The van der Waals surface area contributed by atoms with E-state index in [1.807, 2.05) is 18.0 Å². The molecule has 8 nitrogen and oxygen atoms in total. The van der Waals surface area contributed by atoms with Gasteiger partial charge in [0.15, 0.2) is 0 Å². The van der Waals surface area contributed by atoms with Crippen molar-refractivity contribution in [3.8, 4) is 11.8 Å². The molecule has 1 aromatic carbocycles. The maximum atomic E-state index is 14.0.